The summed E-state index contributed by atoms with van der Waals surface area (Å²) in [7, 11) is 5.71. The van der Waals surface area contributed by atoms with E-state index in [0.717, 1.165) is 49.2 Å². The summed E-state index contributed by atoms with van der Waals surface area (Å²) in [5, 5.41) is 10.8. The maximum Gasteiger partial charge on any atom is 0.191 e. The van der Waals surface area contributed by atoms with E-state index in [4.69, 9.17) is 9.47 Å². The van der Waals surface area contributed by atoms with E-state index >= 15 is 0 Å². The molecule has 9 heteroatoms. The van der Waals surface area contributed by atoms with Gasteiger partial charge in [-0.3, -0.25) is 4.68 Å². The molecule has 0 saturated heterocycles. The van der Waals surface area contributed by atoms with Gasteiger partial charge >= 0.3 is 0 Å². The van der Waals surface area contributed by atoms with Gasteiger partial charge < -0.3 is 25.0 Å². The molecule has 2 N–H and O–H groups in total. The predicted octanol–water partition coefficient (Wildman–Crippen LogP) is 2.25. The van der Waals surface area contributed by atoms with Gasteiger partial charge in [-0.15, -0.1) is 24.0 Å². The SMILES string of the molecule is CCNC(=NCc1cccc(OCCN(C)CCOC)c1)NCc1ccnn1C.I. The molecule has 0 bridgehead atoms. The van der Waals surface area contributed by atoms with Gasteiger partial charge in [0.15, 0.2) is 5.96 Å². The Kier molecular flexibility index (Phi) is 13.1. The molecular formula is C21H35IN6O2. The Bertz CT molecular complexity index is 753. The van der Waals surface area contributed by atoms with E-state index in [0.29, 0.717) is 19.7 Å². The first-order valence-electron chi connectivity index (χ1n) is 10.0. The molecular weight excluding hydrogens is 495 g/mol. The maximum absolute atomic E-state index is 5.89. The molecule has 2 aromatic rings. The van der Waals surface area contributed by atoms with Crippen LogP contribution in [0.1, 0.15) is 18.2 Å². The number of nitrogens with one attached hydrogen (secondary N) is 2. The van der Waals surface area contributed by atoms with Gasteiger partial charge in [-0.05, 0) is 37.7 Å². The first kappa shape index (κ1) is 26.2. The molecule has 168 valence electrons. The van der Waals surface area contributed by atoms with E-state index < -0.39 is 0 Å². The van der Waals surface area contributed by atoms with Crippen molar-refractivity contribution >= 4 is 29.9 Å². The Hall–Kier alpha value is -1.85. The lowest BCUT2D eigenvalue weighted by Crippen LogP contribution is -2.37. The molecule has 0 saturated carbocycles. The molecule has 0 aliphatic carbocycles. The van der Waals surface area contributed by atoms with Crippen molar-refractivity contribution in [3.05, 3.63) is 47.8 Å². The molecule has 1 aromatic carbocycles. The highest BCUT2D eigenvalue weighted by Gasteiger charge is 2.03. The van der Waals surface area contributed by atoms with Gasteiger partial charge in [0.25, 0.3) is 0 Å². The quantitative estimate of drug-likeness (QED) is 0.249. The predicted molar refractivity (Wildman–Crippen MR) is 132 cm³/mol. The number of nitrogens with zero attached hydrogens (tertiary/aromatic N) is 4. The van der Waals surface area contributed by atoms with Crippen LogP contribution < -0.4 is 15.4 Å². The second-order valence-corrected chi connectivity index (χ2v) is 6.79. The fourth-order valence-electron chi connectivity index (χ4n) is 2.67. The van der Waals surface area contributed by atoms with E-state index in [1.54, 1.807) is 13.3 Å². The normalized spacial score (nSPS) is 11.3. The number of hydrogen-bond acceptors (Lipinski definition) is 5. The number of ether oxygens (including phenoxy) is 2. The minimum Gasteiger partial charge on any atom is -0.492 e. The molecule has 30 heavy (non-hydrogen) atoms. The lowest BCUT2D eigenvalue weighted by molar-refractivity contribution is 0.150. The minimum atomic E-state index is 0. The van der Waals surface area contributed by atoms with Crippen molar-refractivity contribution in [3.8, 4) is 5.75 Å². The zero-order chi connectivity index (χ0) is 20.9. The molecule has 1 heterocycles. The molecule has 0 aliphatic heterocycles. The number of rotatable bonds is 12. The summed E-state index contributed by atoms with van der Waals surface area (Å²) >= 11 is 0. The number of guanidine groups is 1. The lowest BCUT2D eigenvalue weighted by atomic mass is 10.2. The third-order valence-electron chi connectivity index (χ3n) is 4.44. The monoisotopic (exact) mass is 530 g/mol. The molecule has 0 aliphatic rings. The van der Waals surface area contributed by atoms with Crippen LogP contribution in [0.4, 0.5) is 0 Å². The van der Waals surface area contributed by atoms with Crippen molar-refractivity contribution in [3.63, 3.8) is 0 Å². The molecule has 0 unspecified atom stereocenters. The van der Waals surface area contributed by atoms with Crippen LogP contribution in [0.5, 0.6) is 5.75 Å². The number of aryl methyl sites for hydroxylation is 1. The zero-order valence-corrected chi connectivity index (χ0v) is 20.8. The molecule has 2 rings (SSSR count). The smallest absolute Gasteiger partial charge is 0.191 e. The van der Waals surface area contributed by atoms with Crippen molar-refractivity contribution in [1.82, 2.24) is 25.3 Å². The molecule has 0 spiro atoms. The Morgan fingerprint density at radius 3 is 2.70 bits per heavy atom. The fraction of sp³-hybridized carbons (Fsp3) is 0.524. The van der Waals surface area contributed by atoms with Crippen molar-refractivity contribution in [2.24, 2.45) is 12.0 Å². The van der Waals surface area contributed by atoms with Crippen LogP contribution in [-0.2, 0) is 24.9 Å². The van der Waals surface area contributed by atoms with Gasteiger partial charge in [0, 0.05) is 40.0 Å². The summed E-state index contributed by atoms with van der Waals surface area (Å²) in [6, 6.07) is 10.1. The topological polar surface area (TPSA) is 75.9 Å². The van der Waals surface area contributed by atoms with Gasteiger partial charge in [-0.2, -0.15) is 5.10 Å². The first-order valence-corrected chi connectivity index (χ1v) is 10.0. The number of aliphatic imine (C=N–C) groups is 1. The summed E-state index contributed by atoms with van der Waals surface area (Å²) in [4.78, 5) is 6.87. The van der Waals surface area contributed by atoms with E-state index in [1.165, 1.54) is 0 Å². The van der Waals surface area contributed by atoms with Crippen molar-refractivity contribution in [2.75, 3.05) is 47.0 Å². The lowest BCUT2D eigenvalue weighted by Gasteiger charge is -2.16. The number of halogens is 1. The summed E-state index contributed by atoms with van der Waals surface area (Å²) in [6.07, 6.45) is 1.79. The first-order chi connectivity index (χ1) is 14.1. The Morgan fingerprint density at radius 1 is 1.20 bits per heavy atom. The van der Waals surface area contributed by atoms with Gasteiger partial charge in [-0.1, -0.05) is 12.1 Å². The van der Waals surface area contributed by atoms with Gasteiger partial charge in [0.05, 0.1) is 25.4 Å². The average Bonchev–Trinajstić information content (AvgIpc) is 3.13. The Morgan fingerprint density at radius 2 is 2.00 bits per heavy atom. The van der Waals surface area contributed by atoms with Crippen molar-refractivity contribution < 1.29 is 9.47 Å². The van der Waals surface area contributed by atoms with Crippen LogP contribution >= 0.6 is 24.0 Å². The minimum absolute atomic E-state index is 0. The molecule has 0 atom stereocenters. The van der Waals surface area contributed by atoms with Crippen LogP contribution in [0.3, 0.4) is 0 Å². The van der Waals surface area contributed by atoms with Gasteiger partial charge in [0.1, 0.15) is 12.4 Å². The van der Waals surface area contributed by atoms with Crippen LogP contribution in [0.25, 0.3) is 0 Å². The van der Waals surface area contributed by atoms with Crippen LogP contribution in [0.15, 0.2) is 41.5 Å². The number of methoxy groups -OCH3 is 1. The van der Waals surface area contributed by atoms with Crippen LogP contribution in [0.2, 0.25) is 0 Å². The molecule has 0 fully saturated rings. The number of hydrogen-bond donors (Lipinski definition) is 2. The number of likely N-dealkylation sites (N-methyl/N-ethyl adjacent to an activating group) is 1. The van der Waals surface area contributed by atoms with E-state index in [9.17, 15) is 0 Å². The van der Waals surface area contributed by atoms with E-state index in [1.807, 2.05) is 36.0 Å². The highest BCUT2D eigenvalue weighted by atomic mass is 127. The van der Waals surface area contributed by atoms with Crippen molar-refractivity contribution in [1.29, 1.82) is 0 Å². The highest BCUT2D eigenvalue weighted by Crippen LogP contribution is 2.14. The summed E-state index contributed by atoms with van der Waals surface area (Å²) in [5.74, 6) is 1.64. The Labute approximate surface area is 197 Å². The third kappa shape index (κ3) is 9.77. The Balaban J connectivity index is 0.00000450. The second kappa shape index (κ2) is 15.0. The van der Waals surface area contributed by atoms with Crippen molar-refractivity contribution in [2.45, 2.75) is 20.0 Å². The molecule has 0 radical (unpaired) electrons. The number of benzene rings is 1. The molecule has 1 aromatic heterocycles. The van der Waals surface area contributed by atoms with Gasteiger partial charge in [-0.25, -0.2) is 4.99 Å². The summed E-state index contributed by atoms with van der Waals surface area (Å²) in [5.41, 5.74) is 2.20. The molecule has 8 nitrogen and oxygen atoms in total. The van der Waals surface area contributed by atoms with Gasteiger partial charge in [0.2, 0.25) is 0 Å². The van der Waals surface area contributed by atoms with E-state index in [-0.39, 0.29) is 24.0 Å². The summed E-state index contributed by atoms with van der Waals surface area (Å²) < 4.78 is 12.8. The molecule has 0 amide bonds. The fourth-order valence-corrected chi connectivity index (χ4v) is 2.67. The largest absolute Gasteiger partial charge is 0.492 e. The van der Waals surface area contributed by atoms with Crippen LogP contribution in [0, 0.1) is 0 Å². The number of aromatic nitrogens is 2. The summed E-state index contributed by atoms with van der Waals surface area (Å²) in [6.45, 7) is 7.22. The average molecular weight is 530 g/mol. The van der Waals surface area contributed by atoms with Crippen LogP contribution in [-0.4, -0.2) is 67.6 Å². The van der Waals surface area contributed by atoms with E-state index in [2.05, 4.69) is 45.7 Å². The third-order valence-corrected chi connectivity index (χ3v) is 4.44. The second-order valence-electron chi connectivity index (χ2n) is 6.79. The zero-order valence-electron chi connectivity index (χ0n) is 18.4. The standard InChI is InChI=1S/C21H34N6O2.HI/c1-5-22-21(24-17-19-9-10-25-27(19)3)23-16-18-7-6-8-20(15-18)29-14-12-26(2)11-13-28-4;/h6-10,15H,5,11-14,16-17H2,1-4H3,(H2,22,23,24);1H. The highest BCUT2D eigenvalue weighted by molar-refractivity contribution is 14.0. The maximum atomic E-state index is 5.89.